The Labute approximate surface area is 93.4 Å². The van der Waals surface area contributed by atoms with Gasteiger partial charge in [-0.3, -0.25) is 4.79 Å². The summed E-state index contributed by atoms with van der Waals surface area (Å²) in [6.45, 7) is 0. The molecule has 0 aromatic heterocycles. The van der Waals surface area contributed by atoms with Gasteiger partial charge in [-0.1, -0.05) is 18.2 Å². The van der Waals surface area contributed by atoms with Gasteiger partial charge in [0, 0.05) is 0 Å². The monoisotopic (exact) mass is 264 g/mol. The van der Waals surface area contributed by atoms with E-state index in [1.54, 1.807) is 0 Å². The van der Waals surface area contributed by atoms with Crippen LogP contribution in [-0.4, -0.2) is 43.8 Å². The molecule has 0 amide bonds. The quantitative estimate of drug-likeness (QED) is 0.657. The molecule has 1 aliphatic rings. The first kappa shape index (κ1) is 12.7. The molecule has 0 aliphatic heterocycles. The normalized spacial score (nSPS) is 19.8. The average Bonchev–Trinajstić information content (AvgIpc) is 2.15. The Morgan fingerprint density at radius 3 is 2.50 bits per heavy atom. The van der Waals surface area contributed by atoms with E-state index in [4.69, 9.17) is 5.11 Å². The zero-order valence-electron chi connectivity index (χ0n) is 7.90. The summed E-state index contributed by atoms with van der Waals surface area (Å²) >= 11 is 0. The van der Waals surface area contributed by atoms with E-state index in [2.05, 4.69) is 0 Å². The van der Waals surface area contributed by atoms with Crippen LogP contribution < -0.4 is 0 Å². The maximum absolute atomic E-state index is 11.6. The fourth-order valence-electron chi connectivity index (χ4n) is 1.21. The van der Waals surface area contributed by atoms with E-state index in [1.165, 1.54) is 12.2 Å². The number of hydrogen-bond donors (Lipinski definition) is 1. The van der Waals surface area contributed by atoms with Crippen molar-refractivity contribution < 1.29 is 26.7 Å². The Bertz CT molecular complexity index is 582. The summed E-state index contributed by atoms with van der Waals surface area (Å²) in [4.78, 5) is 10.0. The molecule has 1 aliphatic carbocycles. The molecule has 88 valence electrons. The fraction of sp³-hybridized carbons (Fsp3) is 0.250. The number of carbonyl (C=O) groups is 1. The van der Waals surface area contributed by atoms with Crippen LogP contribution in [0.2, 0.25) is 0 Å². The molecule has 6 nitrogen and oxygen atoms in total. The predicted octanol–water partition coefficient (Wildman–Crippen LogP) is -0.968. The third-order valence-corrected chi connectivity index (χ3v) is 4.60. The van der Waals surface area contributed by atoms with Crippen LogP contribution in [0.5, 0.6) is 0 Å². The molecule has 0 saturated heterocycles. The van der Waals surface area contributed by atoms with Crippen molar-refractivity contribution in [3.8, 4) is 0 Å². The molecule has 16 heavy (non-hydrogen) atoms. The summed E-state index contributed by atoms with van der Waals surface area (Å²) in [6.07, 6.45) is 5.01. The van der Waals surface area contributed by atoms with Crippen molar-refractivity contribution in [2.75, 3.05) is 5.75 Å². The number of allylic oxidation sites excluding steroid dienone is 3. The third kappa shape index (κ3) is 2.80. The van der Waals surface area contributed by atoms with Crippen molar-refractivity contribution >= 4 is 31.0 Å². The van der Waals surface area contributed by atoms with Crippen molar-refractivity contribution in [1.29, 1.82) is 0 Å². The molecule has 0 heterocycles. The highest BCUT2D eigenvalue weighted by Gasteiger charge is 2.31. The molecular weight excluding hydrogens is 256 g/mol. The molecule has 1 unspecified atom stereocenters. The standard InChI is InChI=1S/C8H8O6S2/c9-8(10)5-16(13,14)7-4-2-1-3-6(7)15(11)12/h1-4,7H,5H2,(H,9,10). The molecule has 0 aromatic carbocycles. The van der Waals surface area contributed by atoms with Gasteiger partial charge in [-0.2, -0.15) is 8.42 Å². The summed E-state index contributed by atoms with van der Waals surface area (Å²) in [5.41, 5.74) is 0. The van der Waals surface area contributed by atoms with Crippen molar-refractivity contribution in [3.63, 3.8) is 0 Å². The first-order chi connectivity index (χ1) is 7.34. The van der Waals surface area contributed by atoms with Crippen LogP contribution in [0.4, 0.5) is 0 Å². The van der Waals surface area contributed by atoms with Gasteiger partial charge in [-0.15, -0.1) is 0 Å². The van der Waals surface area contributed by atoms with Gasteiger partial charge in [0.25, 0.3) is 0 Å². The van der Waals surface area contributed by atoms with E-state index in [1.807, 2.05) is 0 Å². The van der Waals surface area contributed by atoms with Gasteiger partial charge >= 0.3 is 5.97 Å². The predicted molar refractivity (Wildman–Crippen MR) is 57.4 cm³/mol. The Hall–Kier alpha value is -1.41. The molecule has 1 N–H and O–H groups in total. The molecule has 0 aromatic rings. The van der Waals surface area contributed by atoms with Gasteiger partial charge in [0.1, 0.15) is 11.0 Å². The largest absolute Gasteiger partial charge is 0.480 e. The van der Waals surface area contributed by atoms with E-state index in [0.717, 1.165) is 12.2 Å². The Morgan fingerprint density at radius 2 is 2.00 bits per heavy atom. The highest BCUT2D eigenvalue weighted by atomic mass is 32.2. The van der Waals surface area contributed by atoms with E-state index in [-0.39, 0.29) is 4.86 Å². The minimum Gasteiger partial charge on any atom is -0.480 e. The lowest BCUT2D eigenvalue weighted by molar-refractivity contribution is -0.134. The molecule has 0 saturated carbocycles. The zero-order valence-corrected chi connectivity index (χ0v) is 9.53. The topological polar surface area (TPSA) is 106 Å². The van der Waals surface area contributed by atoms with Crippen LogP contribution in [0.1, 0.15) is 0 Å². The second-order valence-corrected chi connectivity index (χ2v) is 6.07. The second-order valence-electron chi connectivity index (χ2n) is 3.00. The SMILES string of the molecule is O=C(O)CS(=O)(=O)C1C=CC=CC1=S(=O)=O. The van der Waals surface area contributed by atoms with Gasteiger partial charge in [0.05, 0.1) is 4.86 Å². The number of hydrogen-bond acceptors (Lipinski definition) is 5. The van der Waals surface area contributed by atoms with Gasteiger partial charge in [-0.25, -0.2) is 8.42 Å². The molecule has 0 radical (unpaired) electrons. The molecule has 0 spiro atoms. The first-order valence-electron chi connectivity index (χ1n) is 4.09. The number of aliphatic carboxylic acids is 1. The number of carboxylic acid groups (broad SMARTS) is 1. The Balaban J connectivity index is 3.24. The van der Waals surface area contributed by atoms with Gasteiger partial charge in [0.2, 0.25) is 10.3 Å². The molecule has 8 heteroatoms. The van der Waals surface area contributed by atoms with Gasteiger partial charge in [0.15, 0.2) is 9.84 Å². The number of sulfone groups is 1. The highest BCUT2D eigenvalue weighted by molar-refractivity contribution is 7.94. The van der Waals surface area contributed by atoms with E-state index >= 15 is 0 Å². The van der Waals surface area contributed by atoms with E-state index < -0.39 is 37.1 Å². The van der Waals surface area contributed by atoms with E-state index in [9.17, 15) is 21.6 Å². The van der Waals surface area contributed by atoms with Crippen LogP contribution in [0.3, 0.4) is 0 Å². The summed E-state index contributed by atoms with van der Waals surface area (Å²) < 4.78 is 44.6. The van der Waals surface area contributed by atoms with Crippen LogP contribution in [0.25, 0.3) is 0 Å². The molecular formula is C8H8O6S2. The lowest BCUT2D eigenvalue weighted by Gasteiger charge is -2.12. The zero-order chi connectivity index (χ0) is 12.3. The summed E-state index contributed by atoms with van der Waals surface area (Å²) in [6, 6.07) is 0. The smallest absolute Gasteiger partial charge is 0.318 e. The van der Waals surface area contributed by atoms with Crippen molar-refractivity contribution in [2.45, 2.75) is 5.25 Å². The summed E-state index contributed by atoms with van der Waals surface area (Å²) in [5, 5.41) is 7.01. The van der Waals surface area contributed by atoms with Gasteiger partial charge in [-0.05, 0) is 6.08 Å². The minimum absolute atomic E-state index is 0.344. The van der Waals surface area contributed by atoms with Crippen LogP contribution >= 0.6 is 0 Å². The van der Waals surface area contributed by atoms with Crippen molar-refractivity contribution in [2.24, 2.45) is 0 Å². The Kier molecular flexibility index (Phi) is 3.66. The lowest BCUT2D eigenvalue weighted by atomic mass is 10.2. The Morgan fingerprint density at radius 1 is 1.38 bits per heavy atom. The van der Waals surface area contributed by atoms with Crippen LogP contribution in [0.15, 0.2) is 24.3 Å². The maximum Gasteiger partial charge on any atom is 0.318 e. The fourth-order valence-corrected chi connectivity index (χ4v) is 3.63. The molecule has 1 atom stereocenters. The third-order valence-electron chi connectivity index (χ3n) is 1.84. The summed E-state index contributed by atoms with van der Waals surface area (Å²) in [7, 11) is -6.73. The molecule has 1 rings (SSSR count). The minimum atomic E-state index is -4.04. The first-order valence-corrected chi connectivity index (χ1v) is 6.88. The lowest BCUT2D eigenvalue weighted by Crippen LogP contribution is -2.33. The van der Waals surface area contributed by atoms with Crippen molar-refractivity contribution in [1.82, 2.24) is 0 Å². The number of rotatable bonds is 3. The number of carboxylic acids is 1. The van der Waals surface area contributed by atoms with Crippen LogP contribution in [0, 0.1) is 0 Å². The van der Waals surface area contributed by atoms with Gasteiger partial charge < -0.3 is 5.11 Å². The molecule has 0 bridgehead atoms. The molecule has 0 fully saturated rings. The second kappa shape index (κ2) is 4.62. The maximum atomic E-state index is 11.6. The highest BCUT2D eigenvalue weighted by Crippen LogP contribution is 2.11. The summed E-state index contributed by atoms with van der Waals surface area (Å²) in [5.74, 6) is -2.62. The van der Waals surface area contributed by atoms with E-state index in [0.29, 0.717) is 0 Å². The van der Waals surface area contributed by atoms with Crippen LogP contribution in [-0.2, 0) is 24.9 Å². The average molecular weight is 264 g/mol. The van der Waals surface area contributed by atoms with Crippen molar-refractivity contribution in [3.05, 3.63) is 24.3 Å².